The van der Waals surface area contributed by atoms with Crippen LogP contribution in [0.5, 0.6) is 0 Å². The van der Waals surface area contributed by atoms with E-state index >= 15 is 0 Å². The van der Waals surface area contributed by atoms with Crippen molar-refractivity contribution >= 4 is 5.97 Å². The molecule has 0 saturated carbocycles. The number of carboxylic acid groups (broad SMARTS) is 1. The maximum Gasteiger partial charge on any atom is 0.310 e. The average molecular weight is 180 g/mol. The second kappa shape index (κ2) is 5.36. The largest absolute Gasteiger partial charge is 0.481 e. The molecule has 1 atom stereocenters. The molecule has 1 aromatic carbocycles. The molecule has 1 aromatic rings. The van der Waals surface area contributed by atoms with Gasteiger partial charge in [0.05, 0.1) is 5.92 Å². The summed E-state index contributed by atoms with van der Waals surface area (Å²) in [6, 6.07) is 9.31. The third-order valence-electron chi connectivity index (χ3n) is 1.91. The first kappa shape index (κ1) is 11.7. The minimum absolute atomic E-state index is 0. The molecule has 0 aliphatic carbocycles. The van der Waals surface area contributed by atoms with Crippen molar-refractivity contribution in [2.24, 2.45) is 0 Å². The Morgan fingerprint density at radius 1 is 1.38 bits per heavy atom. The van der Waals surface area contributed by atoms with Crippen molar-refractivity contribution in [1.82, 2.24) is 0 Å². The van der Waals surface area contributed by atoms with Crippen LogP contribution in [0.4, 0.5) is 0 Å². The van der Waals surface area contributed by atoms with Crippen LogP contribution < -0.4 is 0 Å². The molecule has 0 fully saturated rings. The van der Waals surface area contributed by atoms with Gasteiger partial charge in [-0.15, -0.1) is 0 Å². The Balaban J connectivity index is 0.00000144. The molecule has 0 spiro atoms. The molecule has 0 aliphatic heterocycles. The minimum atomic E-state index is -0.747. The van der Waals surface area contributed by atoms with Gasteiger partial charge in [0.25, 0.3) is 0 Å². The highest BCUT2D eigenvalue weighted by atomic mass is 16.4. The Kier molecular flexibility index (Phi) is 4.82. The highest BCUT2D eigenvalue weighted by Crippen LogP contribution is 2.18. The summed E-state index contributed by atoms with van der Waals surface area (Å²) in [6.45, 7) is 1.88. The second-order valence-electron chi connectivity index (χ2n) is 2.71. The highest BCUT2D eigenvalue weighted by molar-refractivity contribution is 5.75. The number of hydrogen-bond donors (Lipinski definition) is 1. The smallest absolute Gasteiger partial charge is 0.310 e. The number of benzene rings is 1. The molecule has 2 nitrogen and oxygen atoms in total. The molecule has 0 amide bonds. The summed E-state index contributed by atoms with van der Waals surface area (Å²) in [4.78, 5) is 10.7. The van der Waals surface area contributed by atoms with Gasteiger partial charge in [-0.2, -0.15) is 0 Å². The molecule has 0 bridgehead atoms. The van der Waals surface area contributed by atoms with Crippen molar-refractivity contribution < 1.29 is 9.90 Å². The molecule has 0 radical (unpaired) electrons. The first-order valence-corrected chi connectivity index (χ1v) is 4.03. The maximum atomic E-state index is 10.7. The topological polar surface area (TPSA) is 37.3 Å². The molecule has 0 aromatic heterocycles. The lowest BCUT2D eigenvalue weighted by Crippen LogP contribution is -2.09. The molecule has 72 valence electrons. The van der Waals surface area contributed by atoms with E-state index in [9.17, 15) is 4.79 Å². The van der Waals surface area contributed by atoms with Gasteiger partial charge in [-0.1, -0.05) is 44.7 Å². The van der Waals surface area contributed by atoms with E-state index in [2.05, 4.69) is 0 Å². The summed E-state index contributed by atoms with van der Waals surface area (Å²) in [5.41, 5.74) is 0.882. The molecule has 2 heteroatoms. The lowest BCUT2D eigenvalue weighted by Gasteiger charge is -2.08. The fourth-order valence-electron chi connectivity index (χ4n) is 1.24. The summed E-state index contributed by atoms with van der Waals surface area (Å²) in [6.07, 6.45) is 0.638. The van der Waals surface area contributed by atoms with Gasteiger partial charge < -0.3 is 5.11 Å². The van der Waals surface area contributed by atoms with Crippen molar-refractivity contribution in [3.05, 3.63) is 35.9 Å². The Hall–Kier alpha value is -1.31. The Morgan fingerprint density at radius 3 is 2.31 bits per heavy atom. The van der Waals surface area contributed by atoms with Gasteiger partial charge in [0, 0.05) is 0 Å². The lowest BCUT2D eigenvalue weighted by molar-refractivity contribution is -0.138. The monoisotopic (exact) mass is 180 g/mol. The third-order valence-corrected chi connectivity index (χ3v) is 1.91. The van der Waals surface area contributed by atoms with Crippen LogP contribution in [-0.2, 0) is 4.79 Å². The summed E-state index contributed by atoms with van der Waals surface area (Å²) in [7, 11) is 0. The van der Waals surface area contributed by atoms with E-state index in [-0.39, 0.29) is 13.3 Å². The van der Waals surface area contributed by atoms with E-state index < -0.39 is 5.97 Å². The highest BCUT2D eigenvalue weighted by Gasteiger charge is 2.16. The molecule has 1 unspecified atom stereocenters. The van der Waals surface area contributed by atoms with E-state index in [4.69, 9.17) is 5.11 Å². The minimum Gasteiger partial charge on any atom is -0.481 e. The van der Waals surface area contributed by atoms with Crippen LogP contribution in [0, 0.1) is 0 Å². The van der Waals surface area contributed by atoms with Crippen LogP contribution in [0.15, 0.2) is 30.3 Å². The number of carboxylic acids is 1. The zero-order chi connectivity index (χ0) is 8.97. The van der Waals surface area contributed by atoms with E-state index in [1.165, 1.54) is 0 Å². The summed E-state index contributed by atoms with van der Waals surface area (Å²) in [5.74, 6) is -1.10. The molecule has 1 N–H and O–H groups in total. The predicted octanol–water partition coefficient (Wildman–Crippen LogP) is 2.90. The van der Waals surface area contributed by atoms with Crippen molar-refractivity contribution in [3.63, 3.8) is 0 Å². The quantitative estimate of drug-likeness (QED) is 0.776. The van der Waals surface area contributed by atoms with Gasteiger partial charge in [0.15, 0.2) is 0 Å². The zero-order valence-electron chi connectivity index (χ0n) is 7.03. The van der Waals surface area contributed by atoms with Gasteiger partial charge in [-0.05, 0) is 12.0 Å². The molecule has 0 aliphatic rings. The number of carbonyl (C=O) groups is 1. The normalized spacial score (nSPS) is 11.5. The third kappa shape index (κ3) is 2.90. The average Bonchev–Trinajstić information content (AvgIpc) is 2.07. The number of aliphatic carboxylic acids is 1. The molecular weight excluding hydrogens is 164 g/mol. The number of rotatable bonds is 3. The molecule has 1 rings (SSSR count). The summed E-state index contributed by atoms with van der Waals surface area (Å²) >= 11 is 0. The van der Waals surface area contributed by atoms with Crippen molar-refractivity contribution in [2.45, 2.75) is 26.7 Å². The Bertz CT molecular complexity index is 254. The summed E-state index contributed by atoms with van der Waals surface area (Å²) in [5, 5.41) is 8.83. The Labute approximate surface area is 79.2 Å². The van der Waals surface area contributed by atoms with Gasteiger partial charge in [0.2, 0.25) is 0 Å². The van der Waals surface area contributed by atoms with Gasteiger partial charge >= 0.3 is 5.97 Å². The zero-order valence-corrected chi connectivity index (χ0v) is 7.03. The standard InChI is InChI=1S/C10H12O2.CH4/c1-2-9(10(11)12)8-6-4-3-5-7-8;/h3-7,9H,2H2,1H3,(H,11,12);1H4. The van der Waals surface area contributed by atoms with E-state index in [0.717, 1.165) is 5.56 Å². The molecule has 13 heavy (non-hydrogen) atoms. The van der Waals surface area contributed by atoms with Crippen molar-refractivity contribution in [2.75, 3.05) is 0 Å². The first-order valence-electron chi connectivity index (χ1n) is 4.03. The van der Waals surface area contributed by atoms with E-state index in [1.807, 2.05) is 37.3 Å². The molecule has 0 saturated heterocycles. The molecule has 0 heterocycles. The SMILES string of the molecule is C.CCC(C(=O)O)c1ccccc1. The molecular formula is C11H16O2. The van der Waals surface area contributed by atoms with Crippen molar-refractivity contribution in [1.29, 1.82) is 0 Å². The fraction of sp³-hybridized carbons (Fsp3) is 0.364. The lowest BCUT2D eigenvalue weighted by atomic mass is 9.97. The van der Waals surface area contributed by atoms with Crippen LogP contribution in [0.25, 0.3) is 0 Å². The Morgan fingerprint density at radius 2 is 1.92 bits per heavy atom. The van der Waals surface area contributed by atoms with Crippen LogP contribution in [-0.4, -0.2) is 11.1 Å². The summed E-state index contributed by atoms with van der Waals surface area (Å²) < 4.78 is 0. The van der Waals surface area contributed by atoms with Gasteiger partial charge in [-0.25, -0.2) is 0 Å². The van der Waals surface area contributed by atoms with Gasteiger partial charge in [0.1, 0.15) is 0 Å². The van der Waals surface area contributed by atoms with E-state index in [0.29, 0.717) is 6.42 Å². The van der Waals surface area contributed by atoms with Crippen LogP contribution in [0.2, 0.25) is 0 Å². The van der Waals surface area contributed by atoms with Crippen molar-refractivity contribution in [3.8, 4) is 0 Å². The number of hydrogen-bond acceptors (Lipinski definition) is 1. The van der Waals surface area contributed by atoms with E-state index in [1.54, 1.807) is 0 Å². The van der Waals surface area contributed by atoms with Gasteiger partial charge in [-0.3, -0.25) is 4.79 Å². The second-order valence-corrected chi connectivity index (χ2v) is 2.71. The predicted molar refractivity (Wildman–Crippen MR) is 53.8 cm³/mol. The van der Waals surface area contributed by atoms with Crippen LogP contribution >= 0.6 is 0 Å². The fourth-order valence-corrected chi connectivity index (χ4v) is 1.24. The van der Waals surface area contributed by atoms with Crippen LogP contribution in [0.3, 0.4) is 0 Å². The first-order chi connectivity index (χ1) is 5.75. The maximum absolute atomic E-state index is 10.7. The van der Waals surface area contributed by atoms with Crippen LogP contribution in [0.1, 0.15) is 32.3 Å².